The fraction of sp³-hybridized carbons (Fsp3) is 0. The molecular weight excluding hydrogens is 399 g/mol. The number of nitrogens with one attached hydrogen (secondary N) is 1. The summed E-state index contributed by atoms with van der Waals surface area (Å²) in [6.07, 6.45) is 0. The minimum atomic E-state index is -0.508. The largest absolute Gasteiger partial charge is 0.320 e. The van der Waals surface area contributed by atoms with Gasteiger partial charge in [-0.2, -0.15) is 0 Å². The molecule has 0 aliphatic carbocycles. The first-order valence-corrected chi connectivity index (χ1v) is 7.53. The Morgan fingerprint density at radius 1 is 1.26 bits per heavy atom. The molecule has 0 bridgehead atoms. The van der Waals surface area contributed by atoms with Gasteiger partial charge in [0.1, 0.15) is 10.2 Å². The lowest BCUT2D eigenvalue weighted by molar-refractivity contribution is 0.102. The number of hydrogen-bond donors (Lipinski definition) is 1. The summed E-state index contributed by atoms with van der Waals surface area (Å²) in [6.45, 7) is 0. The standard InChI is InChI=1S/C11H4BrCl3FNOS/c12-6-1-4(16)2-7(13)9(6)17-11(18)5-3-8(14)19-10(5)15/h1-3H,(H,17,18). The molecule has 0 spiro atoms. The summed E-state index contributed by atoms with van der Waals surface area (Å²) in [6, 6.07) is 3.75. The van der Waals surface area contributed by atoms with Crippen molar-refractivity contribution in [3.05, 3.63) is 47.7 Å². The topological polar surface area (TPSA) is 29.1 Å². The number of carbonyl (C=O) groups is 1. The summed E-state index contributed by atoms with van der Waals surface area (Å²) in [7, 11) is 0. The van der Waals surface area contributed by atoms with Crippen LogP contribution >= 0.6 is 62.1 Å². The lowest BCUT2D eigenvalue weighted by Crippen LogP contribution is -2.12. The van der Waals surface area contributed by atoms with E-state index in [-0.39, 0.29) is 20.6 Å². The van der Waals surface area contributed by atoms with Crippen molar-refractivity contribution in [1.29, 1.82) is 0 Å². The Morgan fingerprint density at radius 2 is 1.95 bits per heavy atom. The molecule has 0 fully saturated rings. The van der Waals surface area contributed by atoms with Crippen LogP contribution in [0.15, 0.2) is 22.7 Å². The Bertz CT molecular complexity index is 638. The molecule has 2 rings (SSSR count). The van der Waals surface area contributed by atoms with E-state index in [9.17, 15) is 9.18 Å². The Labute approximate surface area is 135 Å². The van der Waals surface area contributed by atoms with E-state index in [0.717, 1.165) is 17.4 Å². The van der Waals surface area contributed by atoms with Crippen LogP contribution in [0.2, 0.25) is 13.7 Å². The Morgan fingerprint density at radius 3 is 2.47 bits per heavy atom. The third kappa shape index (κ3) is 3.41. The average molecular weight is 403 g/mol. The van der Waals surface area contributed by atoms with Crippen LogP contribution in [-0.2, 0) is 0 Å². The highest BCUT2D eigenvalue weighted by molar-refractivity contribution is 9.10. The number of amides is 1. The molecule has 0 radical (unpaired) electrons. The van der Waals surface area contributed by atoms with Crippen molar-refractivity contribution in [3.63, 3.8) is 0 Å². The van der Waals surface area contributed by atoms with Crippen molar-refractivity contribution < 1.29 is 9.18 Å². The molecule has 0 aliphatic rings. The molecule has 0 unspecified atom stereocenters. The molecule has 19 heavy (non-hydrogen) atoms. The third-order valence-corrected chi connectivity index (χ3v) is 4.56. The second-order valence-electron chi connectivity index (χ2n) is 3.44. The first-order valence-electron chi connectivity index (χ1n) is 4.79. The number of rotatable bonds is 2. The number of thiophene rings is 1. The summed E-state index contributed by atoms with van der Waals surface area (Å²) < 4.78 is 14.1. The smallest absolute Gasteiger partial charge is 0.258 e. The number of hydrogen-bond acceptors (Lipinski definition) is 2. The summed E-state index contributed by atoms with van der Waals surface area (Å²) in [4.78, 5) is 12.0. The molecule has 0 saturated heterocycles. The second-order valence-corrected chi connectivity index (χ2v) is 6.98. The van der Waals surface area contributed by atoms with Gasteiger partial charge in [0, 0.05) is 4.47 Å². The molecule has 0 aliphatic heterocycles. The first-order chi connectivity index (χ1) is 8.88. The Balaban J connectivity index is 2.32. The summed E-state index contributed by atoms with van der Waals surface area (Å²) in [5, 5.41) is 2.64. The SMILES string of the molecule is O=C(Nc1c(Cl)cc(F)cc1Br)c1cc(Cl)sc1Cl. The van der Waals surface area contributed by atoms with Crippen LogP contribution in [0.25, 0.3) is 0 Å². The fourth-order valence-corrected chi connectivity index (χ4v) is 3.69. The van der Waals surface area contributed by atoms with Gasteiger partial charge < -0.3 is 5.32 Å². The van der Waals surface area contributed by atoms with E-state index in [0.29, 0.717) is 8.81 Å². The maximum atomic E-state index is 13.1. The maximum absolute atomic E-state index is 13.1. The Kier molecular flexibility index (Phi) is 4.74. The molecule has 0 saturated carbocycles. The molecule has 100 valence electrons. The first kappa shape index (κ1) is 15.1. The number of benzene rings is 1. The van der Waals surface area contributed by atoms with Gasteiger partial charge in [0.15, 0.2) is 0 Å². The van der Waals surface area contributed by atoms with E-state index in [4.69, 9.17) is 34.8 Å². The normalized spacial score (nSPS) is 10.6. The van der Waals surface area contributed by atoms with E-state index in [1.54, 1.807) is 0 Å². The number of halogens is 5. The highest BCUT2D eigenvalue weighted by Gasteiger charge is 2.17. The van der Waals surface area contributed by atoms with Crippen LogP contribution in [0.4, 0.5) is 10.1 Å². The van der Waals surface area contributed by atoms with Crippen LogP contribution in [0, 0.1) is 5.82 Å². The van der Waals surface area contributed by atoms with Crippen LogP contribution < -0.4 is 5.32 Å². The molecule has 1 aromatic carbocycles. The zero-order valence-electron chi connectivity index (χ0n) is 8.94. The van der Waals surface area contributed by atoms with Crippen molar-refractivity contribution >= 4 is 73.7 Å². The van der Waals surface area contributed by atoms with Gasteiger partial charge in [0.25, 0.3) is 5.91 Å². The van der Waals surface area contributed by atoms with Crippen molar-refractivity contribution in [1.82, 2.24) is 0 Å². The van der Waals surface area contributed by atoms with Crippen molar-refractivity contribution in [2.24, 2.45) is 0 Å². The highest BCUT2D eigenvalue weighted by atomic mass is 79.9. The molecule has 8 heteroatoms. The van der Waals surface area contributed by atoms with Gasteiger partial charge in [-0.15, -0.1) is 11.3 Å². The van der Waals surface area contributed by atoms with E-state index in [1.165, 1.54) is 12.1 Å². The molecule has 0 atom stereocenters. The molecule has 1 N–H and O–H groups in total. The second kappa shape index (κ2) is 5.97. The van der Waals surface area contributed by atoms with E-state index in [1.807, 2.05) is 0 Å². The summed E-state index contributed by atoms with van der Waals surface area (Å²) in [5.74, 6) is -0.978. The maximum Gasteiger partial charge on any atom is 0.258 e. The number of anilines is 1. The van der Waals surface area contributed by atoms with Crippen LogP contribution in [-0.4, -0.2) is 5.91 Å². The summed E-state index contributed by atoms with van der Waals surface area (Å²) >= 11 is 21.7. The highest BCUT2D eigenvalue weighted by Crippen LogP contribution is 2.35. The van der Waals surface area contributed by atoms with Crippen LogP contribution in [0.1, 0.15) is 10.4 Å². The molecular formula is C11H4BrCl3FNOS. The molecule has 2 nitrogen and oxygen atoms in total. The van der Waals surface area contributed by atoms with Gasteiger partial charge in [-0.25, -0.2) is 4.39 Å². The third-order valence-electron chi connectivity index (χ3n) is 2.15. The predicted octanol–water partition coefficient (Wildman–Crippen LogP) is 5.86. The monoisotopic (exact) mass is 401 g/mol. The van der Waals surface area contributed by atoms with Crippen LogP contribution in [0.5, 0.6) is 0 Å². The predicted molar refractivity (Wildman–Crippen MR) is 81.4 cm³/mol. The van der Waals surface area contributed by atoms with Gasteiger partial charge in [0.05, 0.1) is 20.6 Å². The van der Waals surface area contributed by atoms with Gasteiger partial charge >= 0.3 is 0 Å². The average Bonchev–Trinajstić information content (AvgIpc) is 2.62. The van der Waals surface area contributed by atoms with E-state index >= 15 is 0 Å². The zero-order valence-corrected chi connectivity index (χ0v) is 13.6. The van der Waals surface area contributed by atoms with E-state index < -0.39 is 11.7 Å². The van der Waals surface area contributed by atoms with Crippen LogP contribution in [0.3, 0.4) is 0 Å². The van der Waals surface area contributed by atoms with Crippen molar-refractivity contribution in [2.75, 3.05) is 5.32 Å². The Hall–Kier alpha value is -0.330. The fourth-order valence-electron chi connectivity index (χ4n) is 1.34. The number of carbonyl (C=O) groups excluding carboxylic acids is 1. The van der Waals surface area contributed by atoms with Crippen molar-refractivity contribution in [2.45, 2.75) is 0 Å². The molecule has 2 aromatic rings. The minimum Gasteiger partial charge on any atom is -0.320 e. The quantitative estimate of drug-likeness (QED) is 0.668. The van der Waals surface area contributed by atoms with Crippen molar-refractivity contribution in [3.8, 4) is 0 Å². The molecule has 1 aromatic heterocycles. The van der Waals surface area contributed by atoms with Gasteiger partial charge in [-0.3, -0.25) is 4.79 Å². The molecule has 1 heterocycles. The van der Waals surface area contributed by atoms with E-state index in [2.05, 4.69) is 21.2 Å². The lowest BCUT2D eigenvalue weighted by Gasteiger charge is -2.09. The summed E-state index contributed by atoms with van der Waals surface area (Å²) in [5.41, 5.74) is 0.510. The molecule has 1 amide bonds. The van der Waals surface area contributed by atoms with Gasteiger partial charge in [-0.05, 0) is 34.1 Å². The van der Waals surface area contributed by atoms with Gasteiger partial charge in [-0.1, -0.05) is 34.8 Å². The van der Waals surface area contributed by atoms with Gasteiger partial charge in [0.2, 0.25) is 0 Å². The lowest BCUT2D eigenvalue weighted by atomic mass is 10.2. The zero-order chi connectivity index (χ0) is 14.2. The minimum absolute atomic E-state index is 0.0812.